The molecule has 2 heterocycles. The number of nitrogens with one attached hydrogen (secondary N) is 1. The Bertz CT molecular complexity index is 1940. The van der Waals surface area contributed by atoms with Crippen molar-refractivity contribution in [2.24, 2.45) is 0 Å². The molecule has 0 saturated carbocycles. The molecule has 0 radical (unpaired) electrons. The molecule has 1 fully saturated rings. The van der Waals surface area contributed by atoms with E-state index in [-0.39, 0.29) is 38.1 Å². The number of hydrogen-bond donors (Lipinski definition) is 1. The molecule has 1 N–H and O–H groups in total. The van der Waals surface area contributed by atoms with Gasteiger partial charge in [-0.15, -0.1) is 0 Å². The van der Waals surface area contributed by atoms with Crippen LogP contribution < -0.4 is 20.7 Å². The van der Waals surface area contributed by atoms with E-state index in [1.54, 1.807) is 21.1 Å². The number of H-pyrrole nitrogens is 1. The summed E-state index contributed by atoms with van der Waals surface area (Å²) < 4.78 is 48.2. The fraction of sp³-hybridized carbons (Fsp3) is 0.439. The van der Waals surface area contributed by atoms with E-state index in [0.29, 0.717) is 17.1 Å². The van der Waals surface area contributed by atoms with Crippen molar-refractivity contribution in [3.05, 3.63) is 128 Å². The highest BCUT2D eigenvalue weighted by Crippen LogP contribution is 2.53. The van der Waals surface area contributed by atoms with Crippen molar-refractivity contribution >= 4 is 8.53 Å². The van der Waals surface area contributed by atoms with Gasteiger partial charge in [0.05, 0.1) is 33.3 Å². The second-order valence-corrected chi connectivity index (χ2v) is 15.1. The van der Waals surface area contributed by atoms with Crippen molar-refractivity contribution < 1.29 is 32.7 Å². The lowest BCUT2D eigenvalue weighted by molar-refractivity contribution is -0.281. The fourth-order valence-corrected chi connectivity index (χ4v) is 8.63. The first kappa shape index (κ1) is 41.8. The summed E-state index contributed by atoms with van der Waals surface area (Å²) in [6, 6.07) is 27.3. The summed E-state index contributed by atoms with van der Waals surface area (Å²) in [5.74, 6) is -0.266. The van der Waals surface area contributed by atoms with Crippen LogP contribution in [-0.4, -0.2) is 72.7 Å². The molecule has 1 aliphatic rings. The third-order valence-electron chi connectivity index (χ3n) is 9.59. The Morgan fingerprint density at radius 1 is 0.927 bits per heavy atom. The molecule has 0 amide bonds. The van der Waals surface area contributed by atoms with Gasteiger partial charge in [0.15, 0.2) is 0 Å². The van der Waals surface area contributed by atoms with Crippen LogP contribution in [0.25, 0.3) is 0 Å². The monoisotopic (exact) mass is 774 g/mol. The maximum Gasteiger partial charge on any atom is 0.330 e. The van der Waals surface area contributed by atoms with Crippen LogP contribution in [0.3, 0.4) is 0 Å². The SMILES string of the molecule is COc1ccc(C(OC[C@]2(OC)O[C@@H](n3cc(C)c(=O)[nH]c3=O)C[C@@H]2OP(OCCC#N)N(C(C)C)C(C)C)(c2ccccc2)c2ccc(OC)cc2)cc1. The van der Waals surface area contributed by atoms with Gasteiger partial charge >= 0.3 is 5.69 Å². The van der Waals surface area contributed by atoms with Crippen LogP contribution in [0.5, 0.6) is 11.5 Å². The molecule has 0 bridgehead atoms. The Morgan fingerprint density at radius 2 is 1.49 bits per heavy atom. The molecule has 1 unspecified atom stereocenters. The Balaban J connectivity index is 1.67. The maximum absolute atomic E-state index is 13.3. The van der Waals surface area contributed by atoms with Gasteiger partial charge < -0.3 is 32.7 Å². The van der Waals surface area contributed by atoms with Gasteiger partial charge in [0.25, 0.3) is 14.1 Å². The third kappa shape index (κ3) is 9.03. The molecule has 1 aromatic heterocycles. The number of aromatic nitrogens is 2. The molecule has 14 heteroatoms. The molecule has 13 nitrogen and oxygen atoms in total. The van der Waals surface area contributed by atoms with Gasteiger partial charge in [0.1, 0.15) is 36.0 Å². The number of hydrogen-bond acceptors (Lipinski definition) is 11. The minimum absolute atomic E-state index is 0.0138. The zero-order valence-electron chi connectivity index (χ0n) is 32.7. The Morgan fingerprint density at radius 3 is 2.00 bits per heavy atom. The van der Waals surface area contributed by atoms with Crippen LogP contribution in [0.15, 0.2) is 94.6 Å². The van der Waals surface area contributed by atoms with E-state index in [0.717, 1.165) is 16.7 Å². The summed E-state index contributed by atoms with van der Waals surface area (Å²) in [5.41, 5.74) is 0.385. The van der Waals surface area contributed by atoms with Gasteiger partial charge in [-0.05, 0) is 75.6 Å². The molecule has 0 spiro atoms. The van der Waals surface area contributed by atoms with E-state index < -0.39 is 43.5 Å². The van der Waals surface area contributed by atoms with Gasteiger partial charge in [-0.1, -0.05) is 54.6 Å². The Labute approximate surface area is 323 Å². The molecular weight excluding hydrogens is 723 g/mol. The van der Waals surface area contributed by atoms with Crippen molar-refractivity contribution in [1.82, 2.24) is 14.2 Å². The third-order valence-corrected chi connectivity index (χ3v) is 11.7. The Kier molecular flexibility index (Phi) is 14.1. The van der Waals surface area contributed by atoms with E-state index >= 15 is 0 Å². The van der Waals surface area contributed by atoms with Crippen molar-refractivity contribution in [2.75, 3.05) is 34.5 Å². The average Bonchev–Trinajstić information content (AvgIpc) is 3.54. The quantitative estimate of drug-likeness (QED) is 0.0648. The van der Waals surface area contributed by atoms with Gasteiger partial charge in [-0.3, -0.25) is 14.3 Å². The standard InChI is InChI=1S/C41H51N4O9P/c1-28(2)45(29(3)4)55(52-24-12-23-42)54-36-25-37(44-26-30(5)38(46)43-39(44)47)53-40(36,50-8)27-51-41(31-13-10-9-11-14-31,32-15-19-34(48-6)20-16-32)33-17-21-35(49-7)22-18-33/h9-11,13-22,26,28-29,36-37H,12,24-25,27H2,1-8H3,(H,43,46,47)/t36-,37+,40-,55?/m0/s1. The normalized spacial score (nSPS) is 19.2. The molecule has 1 saturated heterocycles. The van der Waals surface area contributed by atoms with E-state index in [9.17, 15) is 14.9 Å². The van der Waals surface area contributed by atoms with Gasteiger partial charge in [-0.2, -0.15) is 5.26 Å². The van der Waals surface area contributed by atoms with Crippen LogP contribution in [0, 0.1) is 18.3 Å². The average molecular weight is 775 g/mol. The number of aromatic amines is 1. The number of ether oxygens (including phenoxy) is 5. The molecule has 294 valence electrons. The second-order valence-electron chi connectivity index (χ2n) is 13.7. The molecule has 5 rings (SSSR count). The predicted molar refractivity (Wildman–Crippen MR) is 209 cm³/mol. The number of methoxy groups -OCH3 is 3. The molecular formula is C41H51N4O9P. The minimum atomic E-state index is -1.78. The first-order valence-electron chi connectivity index (χ1n) is 18.2. The predicted octanol–water partition coefficient (Wildman–Crippen LogP) is 6.79. The van der Waals surface area contributed by atoms with Crippen LogP contribution in [0.2, 0.25) is 0 Å². The summed E-state index contributed by atoms with van der Waals surface area (Å²) in [6.07, 6.45) is -0.0122. The molecule has 0 aliphatic carbocycles. The summed E-state index contributed by atoms with van der Waals surface area (Å²) in [6.45, 7) is 9.77. The van der Waals surface area contributed by atoms with Crippen molar-refractivity contribution in [1.29, 1.82) is 5.26 Å². The van der Waals surface area contributed by atoms with Crippen molar-refractivity contribution in [3.8, 4) is 17.6 Å². The van der Waals surface area contributed by atoms with Crippen molar-refractivity contribution in [3.63, 3.8) is 0 Å². The van der Waals surface area contributed by atoms with E-state index in [1.807, 2.05) is 107 Å². The lowest BCUT2D eigenvalue weighted by Gasteiger charge is -2.42. The molecule has 4 atom stereocenters. The summed E-state index contributed by atoms with van der Waals surface area (Å²) >= 11 is 0. The van der Waals surface area contributed by atoms with E-state index in [1.165, 1.54) is 17.9 Å². The van der Waals surface area contributed by atoms with Crippen molar-refractivity contribution in [2.45, 2.75) is 83.3 Å². The number of rotatable bonds is 18. The molecule has 1 aliphatic heterocycles. The zero-order valence-corrected chi connectivity index (χ0v) is 33.6. The molecule has 55 heavy (non-hydrogen) atoms. The summed E-state index contributed by atoms with van der Waals surface area (Å²) in [7, 11) is 2.95. The number of benzene rings is 3. The highest BCUT2D eigenvalue weighted by atomic mass is 31.2. The topological polar surface area (TPSA) is 146 Å². The number of nitrogens with zero attached hydrogens (tertiary/aromatic N) is 3. The lowest BCUT2D eigenvalue weighted by atomic mass is 9.80. The van der Waals surface area contributed by atoms with E-state index in [4.69, 9.17) is 32.7 Å². The first-order valence-corrected chi connectivity index (χ1v) is 19.3. The smallest absolute Gasteiger partial charge is 0.330 e. The highest BCUT2D eigenvalue weighted by Gasteiger charge is 2.55. The minimum Gasteiger partial charge on any atom is -0.497 e. The number of nitriles is 1. The van der Waals surface area contributed by atoms with Crippen LogP contribution >= 0.6 is 8.53 Å². The zero-order chi connectivity index (χ0) is 39.8. The fourth-order valence-electron chi connectivity index (χ4n) is 6.86. The maximum atomic E-state index is 13.3. The van der Waals surface area contributed by atoms with Gasteiger partial charge in [-0.25, -0.2) is 9.46 Å². The van der Waals surface area contributed by atoms with Crippen LogP contribution in [0.4, 0.5) is 0 Å². The summed E-state index contributed by atoms with van der Waals surface area (Å²) in [4.78, 5) is 28.1. The van der Waals surface area contributed by atoms with Gasteiger partial charge in [0.2, 0.25) is 5.79 Å². The lowest BCUT2D eigenvalue weighted by Crippen LogP contribution is -2.50. The Hall–Kier alpha value is -4.38. The largest absolute Gasteiger partial charge is 0.497 e. The summed E-state index contributed by atoms with van der Waals surface area (Å²) in [5, 5.41) is 9.35. The molecule has 3 aromatic carbocycles. The van der Waals surface area contributed by atoms with Crippen LogP contribution in [0.1, 0.15) is 69.0 Å². The number of aryl methyl sites for hydroxylation is 1. The highest BCUT2D eigenvalue weighted by molar-refractivity contribution is 7.44. The molecule has 4 aromatic rings. The van der Waals surface area contributed by atoms with Gasteiger partial charge in [0, 0.05) is 37.4 Å². The first-order chi connectivity index (χ1) is 26.4. The van der Waals surface area contributed by atoms with Crippen LogP contribution in [-0.2, 0) is 28.9 Å². The van der Waals surface area contributed by atoms with E-state index in [2.05, 4.69) is 15.7 Å². The second kappa shape index (κ2) is 18.5.